The third kappa shape index (κ3) is 15.6. The number of nitrogens with one attached hydrogen (secondary N) is 7. The minimum atomic E-state index is -1.45. The van der Waals surface area contributed by atoms with Crippen LogP contribution in [0, 0.1) is 11.8 Å². The average Bonchev–Trinajstić information content (AvgIpc) is 3.44. The van der Waals surface area contributed by atoms with Gasteiger partial charge in [0.1, 0.15) is 30.0 Å². The molecule has 0 aromatic heterocycles. The SMILES string of the molecule is CC(C)C[C@H](NC(=O)[C@H](CCC(N)=O)NC(=O)CNC(=O)[C@@H]1C[C@@H](O)CN1)C(=O)NCC(=O)N[C@](C=O)(CN[C@@H](C)C(=O)O)CC(C)C. The number of amides is 6. The molecule has 0 aromatic rings. The van der Waals surface area contributed by atoms with Gasteiger partial charge in [0.2, 0.25) is 35.4 Å². The smallest absolute Gasteiger partial charge is 0.320 e. The van der Waals surface area contributed by atoms with E-state index in [1.807, 2.05) is 13.8 Å². The molecule has 0 bridgehead atoms. The second-order valence-electron chi connectivity index (χ2n) is 13.0. The number of aliphatic carboxylic acids is 1. The number of aliphatic hydroxyl groups is 1. The summed E-state index contributed by atoms with van der Waals surface area (Å²) in [5.41, 5.74) is 3.79. The van der Waals surface area contributed by atoms with Crippen molar-refractivity contribution in [1.29, 1.82) is 0 Å². The van der Waals surface area contributed by atoms with Gasteiger partial charge in [0, 0.05) is 19.5 Å². The lowest BCUT2D eigenvalue weighted by Gasteiger charge is -2.32. The van der Waals surface area contributed by atoms with E-state index in [0.717, 1.165) is 0 Å². The van der Waals surface area contributed by atoms with Crippen LogP contribution in [-0.2, 0) is 38.4 Å². The monoisotopic (exact) mass is 684 g/mol. The van der Waals surface area contributed by atoms with Gasteiger partial charge in [-0.15, -0.1) is 0 Å². The molecule has 0 spiro atoms. The molecular weight excluding hydrogens is 632 g/mol. The zero-order valence-electron chi connectivity index (χ0n) is 28.2. The molecule has 1 rings (SSSR count). The van der Waals surface area contributed by atoms with E-state index in [9.17, 15) is 48.6 Å². The Kier molecular flexibility index (Phi) is 17.7. The number of hydrogen-bond donors (Lipinski definition) is 10. The van der Waals surface area contributed by atoms with Gasteiger partial charge in [0.15, 0.2) is 0 Å². The molecule has 0 aromatic carbocycles. The normalized spacial score (nSPS) is 18.9. The predicted molar refractivity (Wildman–Crippen MR) is 172 cm³/mol. The number of carbonyl (C=O) groups is 8. The van der Waals surface area contributed by atoms with Crippen molar-refractivity contribution in [2.75, 3.05) is 26.2 Å². The first-order valence-corrected chi connectivity index (χ1v) is 16.0. The van der Waals surface area contributed by atoms with E-state index in [4.69, 9.17) is 5.73 Å². The van der Waals surface area contributed by atoms with Crippen molar-refractivity contribution in [1.82, 2.24) is 37.2 Å². The fourth-order valence-corrected chi connectivity index (χ4v) is 5.03. The van der Waals surface area contributed by atoms with Gasteiger partial charge >= 0.3 is 5.97 Å². The Morgan fingerprint density at radius 2 is 1.56 bits per heavy atom. The van der Waals surface area contributed by atoms with Crippen molar-refractivity contribution < 1.29 is 48.6 Å². The van der Waals surface area contributed by atoms with Crippen LogP contribution in [-0.4, -0.2) is 120 Å². The zero-order valence-corrected chi connectivity index (χ0v) is 28.2. The maximum Gasteiger partial charge on any atom is 0.320 e. The van der Waals surface area contributed by atoms with Crippen molar-refractivity contribution in [3.8, 4) is 0 Å². The minimum Gasteiger partial charge on any atom is -0.480 e. The number of carbonyl (C=O) groups excluding carboxylic acids is 7. The van der Waals surface area contributed by atoms with E-state index < -0.39 is 90.3 Å². The van der Waals surface area contributed by atoms with Crippen molar-refractivity contribution in [3.63, 3.8) is 0 Å². The highest BCUT2D eigenvalue weighted by Crippen LogP contribution is 2.15. The predicted octanol–water partition coefficient (Wildman–Crippen LogP) is -3.61. The molecule has 0 aliphatic carbocycles. The first-order valence-electron chi connectivity index (χ1n) is 16.0. The van der Waals surface area contributed by atoms with E-state index >= 15 is 0 Å². The molecule has 6 amide bonds. The van der Waals surface area contributed by atoms with Gasteiger partial charge in [-0.1, -0.05) is 27.7 Å². The summed E-state index contributed by atoms with van der Waals surface area (Å²) in [5.74, 6) is -5.58. The van der Waals surface area contributed by atoms with Gasteiger partial charge < -0.3 is 58.0 Å². The molecule has 1 aliphatic heterocycles. The zero-order chi connectivity index (χ0) is 36.6. The molecular formula is C30H52N8O10. The van der Waals surface area contributed by atoms with E-state index in [1.165, 1.54) is 6.92 Å². The highest BCUT2D eigenvalue weighted by atomic mass is 16.4. The molecule has 0 unspecified atom stereocenters. The van der Waals surface area contributed by atoms with Crippen LogP contribution in [0.2, 0.25) is 0 Å². The average molecular weight is 685 g/mol. The summed E-state index contributed by atoms with van der Waals surface area (Å²) >= 11 is 0. The van der Waals surface area contributed by atoms with Crippen LogP contribution in [0.25, 0.3) is 0 Å². The number of carboxylic acids is 1. The van der Waals surface area contributed by atoms with E-state index in [2.05, 4.69) is 37.2 Å². The quantitative estimate of drug-likeness (QED) is 0.0495. The molecule has 18 nitrogen and oxygen atoms in total. The van der Waals surface area contributed by atoms with E-state index in [1.54, 1.807) is 13.8 Å². The molecule has 18 heteroatoms. The summed E-state index contributed by atoms with van der Waals surface area (Å²) < 4.78 is 0. The van der Waals surface area contributed by atoms with Crippen molar-refractivity contribution in [3.05, 3.63) is 0 Å². The third-order valence-corrected chi connectivity index (χ3v) is 7.42. The molecule has 272 valence electrons. The fourth-order valence-electron chi connectivity index (χ4n) is 5.03. The number of nitrogens with two attached hydrogens (primary N) is 1. The topological polar surface area (TPSA) is 287 Å². The Balaban J connectivity index is 2.92. The second kappa shape index (κ2) is 20.3. The highest BCUT2D eigenvalue weighted by Gasteiger charge is 2.34. The Bertz CT molecular complexity index is 1170. The molecule has 0 radical (unpaired) electrons. The number of aliphatic hydroxyl groups excluding tert-OH is 1. The number of hydrogen-bond acceptors (Lipinski definition) is 11. The number of carboxylic acid groups (broad SMARTS) is 1. The maximum absolute atomic E-state index is 13.3. The standard InChI is InChI=1S/C30H52N8O10/c1-16(2)8-22(27(45)34-13-25(43)38-30(15-39,10-17(3)4)14-35-18(5)29(47)48)37-28(46)20(6-7-23(31)41)36-24(42)12-33-26(44)21-9-19(40)11-32-21/h15-22,32,35,40H,6-14H2,1-5H3,(H2,31,41)(H,33,44)(H,34,45)(H,36,42)(H,37,46)(H,38,43)(H,47,48)/t18-,19+,20-,21-,22-,30-/m0/s1. The van der Waals surface area contributed by atoms with Gasteiger partial charge in [0.05, 0.1) is 25.2 Å². The number of rotatable bonds is 22. The van der Waals surface area contributed by atoms with Crippen LogP contribution in [0.15, 0.2) is 0 Å². The lowest BCUT2D eigenvalue weighted by Crippen LogP contribution is -2.60. The number of aldehydes is 1. The first kappa shape index (κ1) is 41.9. The summed E-state index contributed by atoms with van der Waals surface area (Å²) in [6.45, 7) is 7.62. The van der Waals surface area contributed by atoms with Crippen LogP contribution in [0.3, 0.4) is 0 Å². The van der Waals surface area contributed by atoms with Crippen molar-refractivity contribution in [2.45, 2.75) is 103 Å². The lowest BCUT2D eigenvalue weighted by atomic mass is 9.89. The van der Waals surface area contributed by atoms with Gasteiger partial charge in [-0.3, -0.25) is 33.6 Å². The Labute approximate surface area is 279 Å². The summed E-state index contributed by atoms with van der Waals surface area (Å²) in [6, 6.07) is -4.14. The molecule has 11 N–H and O–H groups in total. The summed E-state index contributed by atoms with van der Waals surface area (Å²) in [4.78, 5) is 99.0. The van der Waals surface area contributed by atoms with Gasteiger partial charge in [-0.25, -0.2) is 0 Å². The lowest BCUT2D eigenvalue weighted by molar-refractivity contribution is -0.139. The van der Waals surface area contributed by atoms with Crippen LogP contribution < -0.4 is 43.0 Å². The second-order valence-corrected chi connectivity index (χ2v) is 13.0. The molecule has 0 saturated carbocycles. The Morgan fingerprint density at radius 1 is 0.917 bits per heavy atom. The summed E-state index contributed by atoms with van der Waals surface area (Å²) in [5, 5.41) is 36.7. The third-order valence-electron chi connectivity index (χ3n) is 7.42. The molecule has 1 heterocycles. The van der Waals surface area contributed by atoms with Crippen molar-refractivity contribution >= 4 is 47.7 Å². The summed E-state index contributed by atoms with van der Waals surface area (Å²) in [6.07, 6.45) is -0.138. The Hall–Kier alpha value is -4.16. The number of primary amides is 1. The number of β-amino-alcohol motifs (C(OH)–C–C–N with tert-alkyl or cyclic N) is 1. The molecule has 1 aliphatic rings. The Morgan fingerprint density at radius 3 is 2.08 bits per heavy atom. The van der Waals surface area contributed by atoms with E-state index in [-0.39, 0.29) is 57.0 Å². The molecule has 1 saturated heterocycles. The van der Waals surface area contributed by atoms with Crippen LogP contribution in [0.4, 0.5) is 0 Å². The summed E-state index contributed by atoms with van der Waals surface area (Å²) in [7, 11) is 0. The first-order chi connectivity index (χ1) is 22.4. The largest absolute Gasteiger partial charge is 0.480 e. The highest BCUT2D eigenvalue weighted by molar-refractivity contribution is 5.95. The molecule has 48 heavy (non-hydrogen) atoms. The van der Waals surface area contributed by atoms with E-state index in [0.29, 0.717) is 6.29 Å². The van der Waals surface area contributed by atoms with Gasteiger partial charge in [-0.05, 0) is 44.4 Å². The van der Waals surface area contributed by atoms with Crippen LogP contribution in [0.5, 0.6) is 0 Å². The molecule has 1 fully saturated rings. The van der Waals surface area contributed by atoms with Crippen LogP contribution in [0.1, 0.15) is 66.7 Å². The minimum absolute atomic E-state index is 0.0599. The fraction of sp³-hybridized carbons (Fsp3) is 0.733. The molecule has 6 atom stereocenters. The van der Waals surface area contributed by atoms with Crippen molar-refractivity contribution in [2.24, 2.45) is 17.6 Å². The maximum atomic E-state index is 13.3. The van der Waals surface area contributed by atoms with Gasteiger partial charge in [0.25, 0.3) is 0 Å². The van der Waals surface area contributed by atoms with Crippen LogP contribution >= 0.6 is 0 Å². The van der Waals surface area contributed by atoms with Gasteiger partial charge in [-0.2, -0.15) is 0 Å².